The van der Waals surface area contributed by atoms with Gasteiger partial charge < -0.3 is 10.0 Å². The molecule has 0 radical (unpaired) electrons. The van der Waals surface area contributed by atoms with E-state index in [0.717, 1.165) is 9.37 Å². The lowest BCUT2D eigenvalue weighted by Gasteiger charge is -2.07. The van der Waals surface area contributed by atoms with Crippen molar-refractivity contribution in [3.05, 3.63) is 22.7 Å². The number of halogens is 1. The number of benzene rings is 1. The van der Waals surface area contributed by atoms with Crippen molar-refractivity contribution in [1.29, 1.82) is 0 Å². The van der Waals surface area contributed by atoms with Crippen LogP contribution in [0.1, 0.15) is 0 Å². The van der Waals surface area contributed by atoms with Crippen LogP contribution in [-0.4, -0.2) is 23.4 Å². The molecule has 12 heavy (non-hydrogen) atoms. The second-order valence-electron chi connectivity index (χ2n) is 2.23. The van der Waals surface area contributed by atoms with Crippen molar-refractivity contribution < 1.29 is 10.0 Å². The number of rotatable bonds is 2. The summed E-state index contributed by atoms with van der Waals surface area (Å²) in [5.74, 6) is 0. The highest BCUT2D eigenvalue weighted by molar-refractivity contribution is 9.10. The molecule has 0 aliphatic heterocycles. The van der Waals surface area contributed by atoms with Gasteiger partial charge in [-0.05, 0) is 18.4 Å². The van der Waals surface area contributed by atoms with Crippen molar-refractivity contribution in [3.63, 3.8) is 0 Å². The van der Waals surface area contributed by atoms with Crippen molar-refractivity contribution in [2.45, 2.75) is 4.90 Å². The van der Waals surface area contributed by atoms with Crippen molar-refractivity contribution in [2.24, 2.45) is 0 Å². The second-order valence-corrected chi connectivity index (χ2v) is 3.93. The lowest BCUT2D eigenvalue weighted by atomic mass is 9.80. The quantitative estimate of drug-likeness (QED) is 0.601. The molecule has 0 saturated heterocycles. The minimum atomic E-state index is -1.41. The first-order valence-electron chi connectivity index (χ1n) is 3.35. The van der Waals surface area contributed by atoms with Crippen LogP contribution in [0.2, 0.25) is 0 Å². The van der Waals surface area contributed by atoms with E-state index in [-0.39, 0.29) is 0 Å². The zero-order chi connectivity index (χ0) is 9.14. The molecule has 1 aromatic rings. The minimum Gasteiger partial charge on any atom is -0.423 e. The first-order valence-corrected chi connectivity index (χ1v) is 5.37. The van der Waals surface area contributed by atoms with Crippen LogP contribution in [0.25, 0.3) is 0 Å². The summed E-state index contributed by atoms with van der Waals surface area (Å²) < 4.78 is 0.726. The van der Waals surface area contributed by atoms with E-state index in [4.69, 9.17) is 10.0 Å². The maximum absolute atomic E-state index is 9.03. The smallest absolute Gasteiger partial charge is 0.423 e. The normalized spacial score (nSPS) is 10.0. The standard InChI is InChI=1S/C7H8BBrO2S/c1-12-6-4-2-3-5(9)7(6)8(10)11/h2-4,10-11H,1H3. The van der Waals surface area contributed by atoms with Gasteiger partial charge in [0.15, 0.2) is 0 Å². The fourth-order valence-electron chi connectivity index (χ4n) is 0.946. The van der Waals surface area contributed by atoms with Gasteiger partial charge in [-0.3, -0.25) is 0 Å². The van der Waals surface area contributed by atoms with E-state index in [9.17, 15) is 0 Å². The molecule has 0 aliphatic rings. The summed E-state index contributed by atoms with van der Waals surface area (Å²) in [4.78, 5) is 0.874. The Labute approximate surface area is 84.3 Å². The highest BCUT2D eigenvalue weighted by atomic mass is 79.9. The van der Waals surface area contributed by atoms with Gasteiger partial charge in [0.25, 0.3) is 0 Å². The Morgan fingerprint density at radius 3 is 2.50 bits per heavy atom. The van der Waals surface area contributed by atoms with E-state index in [1.54, 1.807) is 6.07 Å². The molecule has 0 fully saturated rings. The molecular formula is C7H8BBrO2S. The average Bonchev–Trinajstić information content (AvgIpc) is 2.03. The Morgan fingerprint density at radius 1 is 1.42 bits per heavy atom. The molecule has 0 bridgehead atoms. The van der Waals surface area contributed by atoms with E-state index in [0.29, 0.717) is 5.46 Å². The molecule has 0 heterocycles. The maximum atomic E-state index is 9.03. The fourth-order valence-corrected chi connectivity index (χ4v) is 2.30. The first-order chi connectivity index (χ1) is 5.66. The lowest BCUT2D eigenvalue weighted by molar-refractivity contribution is 0.424. The highest BCUT2D eigenvalue weighted by Crippen LogP contribution is 2.17. The van der Waals surface area contributed by atoms with Crippen LogP contribution < -0.4 is 5.46 Å². The van der Waals surface area contributed by atoms with E-state index in [1.807, 2.05) is 18.4 Å². The molecule has 5 heteroatoms. The van der Waals surface area contributed by atoms with E-state index >= 15 is 0 Å². The minimum absolute atomic E-state index is 0.532. The topological polar surface area (TPSA) is 40.5 Å². The molecule has 0 amide bonds. The molecule has 1 aromatic carbocycles. The highest BCUT2D eigenvalue weighted by Gasteiger charge is 2.18. The molecule has 0 unspecified atom stereocenters. The molecule has 0 saturated carbocycles. The van der Waals surface area contributed by atoms with Gasteiger partial charge in [0.05, 0.1) is 0 Å². The van der Waals surface area contributed by atoms with Crippen LogP contribution >= 0.6 is 27.7 Å². The molecule has 1 rings (SSSR count). The molecule has 0 aliphatic carbocycles. The molecule has 0 aromatic heterocycles. The second kappa shape index (κ2) is 4.32. The van der Waals surface area contributed by atoms with Gasteiger partial charge in [-0.2, -0.15) is 0 Å². The Balaban J connectivity index is 3.20. The van der Waals surface area contributed by atoms with Crippen LogP contribution in [0.4, 0.5) is 0 Å². The Hall–Kier alpha value is 0.0349. The molecule has 0 atom stereocenters. The monoisotopic (exact) mass is 246 g/mol. The molecular weight excluding hydrogens is 239 g/mol. The third-order valence-electron chi connectivity index (χ3n) is 1.49. The summed E-state index contributed by atoms with van der Waals surface area (Å²) in [7, 11) is -1.41. The van der Waals surface area contributed by atoms with Gasteiger partial charge in [-0.25, -0.2) is 0 Å². The van der Waals surface area contributed by atoms with Gasteiger partial charge >= 0.3 is 7.12 Å². The predicted molar refractivity (Wildman–Crippen MR) is 55.7 cm³/mol. The van der Waals surface area contributed by atoms with Crippen molar-refractivity contribution >= 4 is 40.3 Å². The first kappa shape index (κ1) is 10.1. The van der Waals surface area contributed by atoms with E-state index < -0.39 is 7.12 Å². The number of hydrogen-bond acceptors (Lipinski definition) is 3. The predicted octanol–water partition coefficient (Wildman–Crippen LogP) is 0.851. The summed E-state index contributed by atoms with van der Waals surface area (Å²) in [5.41, 5.74) is 0.532. The van der Waals surface area contributed by atoms with Crippen LogP contribution in [0.5, 0.6) is 0 Å². The molecule has 2 N–H and O–H groups in total. The summed E-state index contributed by atoms with van der Waals surface area (Å²) >= 11 is 4.74. The Morgan fingerprint density at radius 2 is 2.08 bits per heavy atom. The lowest BCUT2D eigenvalue weighted by Crippen LogP contribution is -2.32. The van der Waals surface area contributed by atoms with Crippen molar-refractivity contribution in [1.82, 2.24) is 0 Å². The maximum Gasteiger partial charge on any atom is 0.490 e. The van der Waals surface area contributed by atoms with Crippen LogP contribution in [0, 0.1) is 0 Å². The third-order valence-corrected chi connectivity index (χ3v) is 2.98. The van der Waals surface area contributed by atoms with Gasteiger partial charge in [-0.15, -0.1) is 11.8 Å². The van der Waals surface area contributed by atoms with Crippen molar-refractivity contribution in [3.8, 4) is 0 Å². The van der Waals surface area contributed by atoms with E-state index in [1.165, 1.54) is 11.8 Å². The molecule has 2 nitrogen and oxygen atoms in total. The van der Waals surface area contributed by atoms with Crippen LogP contribution in [0.3, 0.4) is 0 Å². The van der Waals surface area contributed by atoms with Crippen molar-refractivity contribution in [2.75, 3.05) is 6.26 Å². The van der Waals surface area contributed by atoms with Gasteiger partial charge in [0.1, 0.15) is 0 Å². The van der Waals surface area contributed by atoms with Gasteiger partial charge in [-0.1, -0.05) is 22.0 Å². The Bertz CT molecular complexity index is 280. The number of hydrogen-bond donors (Lipinski definition) is 2. The third kappa shape index (κ3) is 2.04. The zero-order valence-corrected chi connectivity index (χ0v) is 8.89. The Kier molecular flexibility index (Phi) is 3.64. The van der Waals surface area contributed by atoms with E-state index in [2.05, 4.69) is 15.9 Å². The largest absolute Gasteiger partial charge is 0.490 e. The molecule has 64 valence electrons. The summed E-state index contributed by atoms with van der Waals surface area (Å²) in [5, 5.41) is 18.1. The van der Waals surface area contributed by atoms with Crippen LogP contribution in [-0.2, 0) is 0 Å². The summed E-state index contributed by atoms with van der Waals surface area (Å²) in [6.07, 6.45) is 1.90. The number of thioether (sulfide) groups is 1. The van der Waals surface area contributed by atoms with Gasteiger partial charge in [0.2, 0.25) is 0 Å². The SMILES string of the molecule is CSc1cccc(Br)c1B(O)O. The summed E-state index contributed by atoms with van der Waals surface area (Å²) in [6.45, 7) is 0. The van der Waals surface area contributed by atoms with Gasteiger partial charge in [0, 0.05) is 14.8 Å². The zero-order valence-electron chi connectivity index (χ0n) is 6.49. The average molecular weight is 247 g/mol. The molecule has 0 spiro atoms. The van der Waals surface area contributed by atoms with Crippen LogP contribution in [0.15, 0.2) is 27.6 Å². The fraction of sp³-hybridized carbons (Fsp3) is 0.143. The summed E-state index contributed by atoms with van der Waals surface area (Å²) in [6, 6.07) is 5.50.